The Morgan fingerprint density at radius 1 is 1.07 bits per heavy atom. The van der Waals surface area contributed by atoms with Gasteiger partial charge in [0.2, 0.25) is 0 Å². The summed E-state index contributed by atoms with van der Waals surface area (Å²) < 4.78 is 16.9. The molecule has 0 aliphatic carbocycles. The van der Waals surface area contributed by atoms with Crippen LogP contribution in [0, 0.1) is 6.92 Å². The molecule has 0 saturated heterocycles. The highest BCUT2D eigenvalue weighted by Crippen LogP contribution is 2.25. The van der Waals surface area contributed by atoms with E-state index in [1.807, 2.05) is 24.3 Å². The Kier molecular flexibility index (Phi) is 6.48. The van der Waals surface area contributed by atoms with E-state index >= 15 is 0 Å². The van der Waals surface area contributed by atoms with Crippen molar-refractivity contribution in [3.8, 4) is 17.2 Å². The van der Waals surface area contributed by atoms with Crippen LogP contribution in [0.1, 0.15) is 27.2 Å². The molecule has 2 aromatic carbocycles. The molecule has 0 bridgehead atoms. The fourth-order valence-electron chi connectivity index (χ4n) is 2.89. The number of aliphatic hydroxyl groups is 1. The van der Waals surface area contributed by atoms with Gasteiger partial charge in [-0.05, 0) is 42.8 Å². The summed E-state index contributed by atoms with van der Waals surface area (Å²) in [6.45, 7) is 1.64. The maximum absolute atomic E-state index is 12.9. The lowest BCUT2D eigenvalue weighted by Gasteiger charge is -2.13. The van der Waals surface area contributed by atoms with Gasteiger partial charge >= 0.3 is 11.5 Å². The number of aromatic nitrogens is 2. The second-order valence-corrected chi connectivity index (χ2v) is 6.54. The molecule has 0 aliphatic heterocycles. The van der Waals surface area contributed by atoms with E-state index in [4.69, 9.17) is 9.47 Å². The summed E-state index contributed by atoms with van der Waals surface area (Å²) in [5.41, 5.74) is 1.68. The maximum Gasteiger partial charge on any atom is 0.337 e. The highest BCUT2D eigenvalue weighted by atomic mass is 16.5. The Balaban J connectivity index is 1.91. The van der Waals surface area contributed by atoms with Gasteiger partial charge in [-0.25, -0.2) is 9.48 Å². The minimum atomic E-state index is -0.530. The van der Waals surface area contributed by atoms with Crippen molar-refractivity contribution < 1.29 is 24.1 Å². The molecule has 0 unspecified atom stereocenters. The number of hydrogen-bond donors (Lipinski definition) is 1. The van der Waals surface area contributed by atoms with E-state index in [1.165, 1.54) is 36.1 Å². The first-order chi connectivity index (χ1) is 14.4. The molecule has 8 heteroatoms. The van der Waals surface area contributed by atoms with Gasteiger partial charge in [0.15, 0.2) is 5.75 Å². The number of hydrogen-bond acceptors (Lipinski definition) is 7. The smallest absolute Gasteiger partial charge is 0.337 e. The number of aliphatic hydroxyl groups excluding tert-OH is 1. The molecule has 156 valence electrons. The molecule has 1 heterocycles. The summed E-state index contributed by atoms with van der Waals surface area (Å²) in [6, 6.07) is 13.3. The Morgan fingerprint density at radius 2 is 1.80 bits per heavy atom. The predicted molar refractivity (Wildman–Crippen MR) is 109 cm³/mol. The highest BCUT2D eigenvalue weighted by molar-refractivity contribution is 5.89. The third-order valence-corrected chi connectivity index (χ3v) is 4.43. The molecule has 0 fully saturated rings. The molecule has 0 amide bonds. The van der Waals surface area contributed by atoms with E-state index in [9.17, 15) is 14.7 Å². The molecule has 0 spiro atoms. The van der Waals surface area contributed by atoms with Crippen molar-refractivity contribution in [2.75, 3.05) is 14.2 Å². The van der Waals surface area contributed by atoms with Crippen LogP contribution in [0.15, 0.2) is 53.3 Å². The molecule has 0 atom stereocenters. The Bertz CT molecular complexity index is 1110. The number of aryl methyl sites for hydroxylation is 1. The molecule has 0 radical (unpaired) electrons. The highest BCUT2D eigenvalue weighted by Gasteiger charge is 2.14. The lowest BCUT2D eigenvalue weighted by atomic mass is 10.1. The Hall–Kier alpha value is -3.65. The van der Waals surface area contributed by atoms with E-state index in [1.54, 1.807) is 14.0 Å². The lowest BCUT2D eigenvalue weighted by molar-refractivity contribution is 0.0600. The zero-order valence-electron chi connectivity index (χ0n) is 16.9. The van der Waals surface area contributed by atoms with E-state index in [2.05, 4.69) is 9.84 Å². The lowest BCUT2D eigenvalue weighted by Crippen LogP contribution is -2.25. The van der Waals surface area contributed by atoms with Crippen LogP contribution in [0.3, 0.4) is 0 Å². The van der Waals surface area contributed by atoms with E-state index in [0.717, 1.165) is 11.3 Å². The summed E-state index contributed by atoms with van der Waals surface area (Å²) in [5.74, 6) is 0.525. The van der Waals surface area contributed by atoms with Crippen molar-refractivity contribution in [1.82, 2.24) is 9.78 Å². The van der Waals surface area contributed by atoms with Crippen molar-refractivity contribution in [3.63, 3.8) is 0 Å². The van der Waals surface area contributed by atoms with Crippen molar-refractivity contribution >= 4 is 5.97 Å². The normalized spacial score (nSPS) is 10.5. The molecule has 3 rings (SSSR count). The average Bonchev–Trinajstić information content (AvgIpc) is 2.77. The summed E-state index contributed by atoms with van der Waals surface area (Å²) in [7, 11) is 2.86. The fraction of sp³-hybridized carbons (Fsp3) is 0.227. The fourth-order valence-corrected chi connectivity index (χ4v) is 2.89. The van der Waals surface area contributed by atoms with Crippen LogP contribution in [0.2, 0.25) is 0 Å². The van der Waals surface area contributed by atoms with Crippen molar-refractivity contribution in [2.45, 2.75) is 20.1 Å². The van der Waals surface area contributed by atoms with E-state index in [-0.39, 0.29) is 30.2 Å². The van der Waals surface area contributed by atoms with Gasteiger partial charge in [0.25, 0.3) is 0 Å². The molecule has 1 aromatic heterocycles. The number of esters is 1. The monoisotopic (exact) mass is 410 g/mol. The number of rotatable bonds is 7. The van der Waals surface area contributed by atoms with Crippen LogP contribution >= 0.6 is 0 Å². The first kappa shape index (κ1) is 21.1. The van der Waals surface area contributed by atoms with Gasteiger partial charge < -0.3 is 19.3 Å². The summed E-state index contributed by atoms with van der Waals surface area (Å²) in [4.78, 5) is 24.6. The molecule has 8 nitrogen and oxygen atoms in total. The first-order valence-corrected chi connectivity index (χ1v) is 9.16. The number of nitrogens with zero attached hydrogens (tertiary/aromatic N) is 2. The van der Waals surface area contributed by atoms with Crippen molar-refractivity contribution in [1.29, 1.82) is 0 Å². The number of methoxy groups -OCH3 is 2. The molecular formula is C22H22N2O6. The quantitative estimate of drug-likeness (QED) is 0.598. The molecule has 0 aliphatic rings. The minimum Gasteiger partial charge on any atom is -0.497 e. The van der Waals surface area contributed by atoms with Crippen molar-refractivity contribution in [3.05, 3.63) is 81.3 Å². The summed E-state index contributed by atoms with van der Waals surface area (Å²) in [5, 5.41) is 13.9. The number of benzene rings is 2. The Labute approximate surface area is 173 Å². The third kappa shape index (κ3) is 4.66. The number of ether oxygens (including phenoxy) is 3. The topological polar surface area (TPSA) is 99.9 Å². The molecule has 1 N–H and O–H groups in total. The van der Waals surface area contributed by atoms with Crippen LogP contribution in [0.4, 0.5) is 0 Å². The first-order valence-electron chi connectivity index (χ1n) is 9.16. The summed E-state index contributed by atoms with van der Waals surface area (Å²) in [6.07, 6.45) is 0. The second kappa shape index (κ2) is 9.23. The van der Waals surface area contributed by atoms with Crippen LogP contribution in [0.5, 0.6) is 17.2 Å². The largest absolute Gasteiger partial charge is 0.497 e. The van der Waals surface area contributed by atoms with Gasteiger partial charge in [-0.2, -0.15) is 5.10 Å². The maximum atomic E-state index is 12.9. The zero-order chi connectivity index (χ0) is 21.7. The standard InChI is InChI=1S/C22H22N2O6/c1-14-10-20(30-19-9-6-16(22(27)29-3)11-17(19)13-25)21(26)24(23-14)12-15-4-7-18(28-2)8-5-15/h4-11,25H,12-13H2,1-3H3. The van der Waals surface area contributed by atoms with Gasteiger partial charge in [0.1, 0.15) is 11.5 Å². The molecule has 0 saturated carbocycles. The predicted octanol–water partition coefficient (Wildman–Crippen LogP) is 2.68. The van der Waals surface area contributed by atoms with Crippen LogP contribution in [-0.2, 0) is 17.9 Å². The van der Waals surface area contributed by atoms with E-state index in [0.29, 0.717) is 11.3 Å². The zero-order valence-corrected chi connectivity index (χ0v) is 16.9. The SMILES string of the molecule is COC(=O)c1ccc(Oc2cc(C)nn(Cc3ccc(OC)cc3)c2=O)c(CO)c1. The van der Waals surface area contributed by atoms with Crippen LogP contribution in [0.25, 0.3) is 0 Å². The van der Waals surface area contributed by atoms with Gasteiger partial charge in [-0.15, -0.1) is 0 Å². The number of carbonyl (C=O) groups is 1. The van der Waals surface area contributed by atoms with Crippen LogP contribution in [-0.4, -0.2) is 35.1 Å². The van der Waals surface area contributed by atoms with Gasteiger partial charge in [-0.3, -0.25) is 4.79 Å². The van der Waals surface area contributed by atoms with Gasteiger partial charge in [0.05, 0.1) is 38.6 Å². The second-order valence-electron chi connectivity index (χ2n) is 6.54. The molecular weight excluding hydrogens is 388 g/mol. The average molecular weight is 410 g/mol. The minimum absolute atomic E-state index is 0.0662. The van der Waals surface area contributed by atoms with Crippen molar-refractivity contribution in [2.24, 2.45) is 0 Å². The van der Waals surface area contributed by atoms with E-state index < -0.39 is 11.5 Å². The number of carbonyl (C=O) groups excluding carboxylic acids is 1. The van der Waals surface area contributed by atoms with Crippen LogP contribution < -0.4 is 15.0 Å². The third-order valence-electron chi connectivity index (χ3n) is 4.43. The van der Waals surface area contributed by atoms with Gasteiger partial charge in [-0.1, -0.05) is 12.1 Å². The summed E-state index contributed by atoms with van der Waals surface area (Å²) >= 11 is 0. The molecule has 3 aromatic rings. The Morgan fingerprint density at radius 3 is 2.43 bits per heavy atom. The van der Waals surface area contributed by atoms with Gasteiger partial charge in [0, 0.05) is 11.6 Å². The molecule has 30 heavy (non-hydrogen) atoms.